The summed E-state index contributed by atoms with van der Waals surface area (Å²) >= 11 is 0. The predicted octanol–water partition coefficient (Wildman–Crippen LogP) is 3.74. The summed E-state index contributed by atoms with van der Waals surface area (Å²) in [7, 11) is 0. The number of hydrogen-bond acceptors (Lipinski definition) is 1. The lowest BCUT2D eigenvalue weighted by Gasteiger charge is -2.07. The van der Waals surface area contributed by atoms with Crippen LogP contribution in [0, 0.1) is 24.4 Å². The van der Waals surface area contributed by atoms with Crippen molar-refractivity contribution >= 4 is 0 Å². The molecular weight excluding hydrogens is 263 g/mol. The van der Waals surface area contributed by atoms with Crippen molar-refractivity contribution in [1.29, 1.82) is 0 Å². The number of aryl methyl sites for hydroxylation is 1. The molecule has 0 atom stereocenters. The highest BCUT2D eigenvalue weighted by Gasteiger charge is 2.09. The number of nitrogens with one attached hydrogen (secondary N) is 1. The van der Waals surface area contributed by atoms with Gasteiger partial charge in [-0.05, 0) is 31.5 Å². The first-order valence-electron chi connectivity index (χ1n) is 6.46. The van der Waals surface area contributed by atoms with Crippen molar-refractivity contribution in [2.75, 3.05) is 6.54 Å². The third kappa shape index (κ3) is 3.84. The minimum Gasteiger partial charge on any atom is -0.312 e. The Kier molecular flexibility index (Phi) is 4.79. The maximum absolute atomic E-state index is 13.4. The molecule has 0 saturated carbocycles. The third-order valence-corrected chi connectivity index (χ3v) is 3.08. The summed E-state index contributed by atoms with van der Waals surface area (Å²) < 4.78 is 39.2. The van der Waals surface area contributed by atoms with Gasteiger partial charge in [-0.15, -0.1) is 0 Å². The first-order chi connectivity index (χ1) is 9.56. The van der Waals surface area contributed by atoms with Gasteiger partial charge in [-0.1, -0.05) is 29.8 Å². The Morgan fingerprint density at radius 2 is 1.70 bits per heavy atom. The summed E-state index contributed by atoms with van der Waals surface area (Å²) in [5, 5.41) is 3.03. The highest BCUT2D eigenvalue weighted by atomic mass is 19.2. The molecule has 20 heavy (non-hydrogen) atoms. The van der Waals surface area contributed by atoms with Gasteiger partial charge < -0.3 is 5.32 Å². The van der Waals surface area contributed by atoms with E-state index in [1.807, 2.05) is 25.1 Å². The van der Waals surface area contributed by atoms with Gasteiger partial charge in [0.2, 0.25) is 0 Å². The van der Waals surface area contributed by atoms with Crippen molar-refractivity contribution in [3.63, 3.8) is 0 Å². The van der Waals surface area contributed by atoms with Crippen molar-refractivity contribution in [3.05, 3.63) is 70.5 Å². The van der Waals surface area contributed by atoms with E-state index >= 15 is 0 Å². The predicted molar refractivity (Wildman–Crippen MR) is 72.9 cm³/mol. The van der Waals surface area contributed by atoms with Crippen LogP contribution in [0.5, 0.6) is 0 Å². The molecule has 0 amide bonds. The van der Waals surface area contributed by atoms with Crippen molar-refractivity contribution < 1.29 is 13.2 Å². The maximum atomic E-state index is 13.4. The molecule has 0 fully saturated rings. The Hall–Kier alpha value is -1.81. The lowest BCUT2D eigenvalue weighted by molar-refractivity contribution is 0.487. The molecule has 106 valence electrons. The largest absolute Gasteiger partial charge is 0.312 e. The normalized spacial score (nSPS) is 10.8. The number of halogens is 3. The molecule has 0 heterocycles. The summed E-state index contributed by atoms with van der Waals surface area (Å²) in [6.07, 6.45) is 0.799. The lowest BCUT2D eigenvalue weighted by Crippen LogP contribution is -2.17. The summed E-state index contributed by atoms with van der Waals surface area (Å²) in [5.74, 6) is -2.92. The van der Waals surface area contributed by atoms with Gasteiger partial charge in [0.05, 0.1) is 0 Å². The molecule has 2 aromatic carbocycles. The second kappa shape index (κ2) is 6.57. The molecule has 1 N–H and O–H groups in total. The minimum absolute atomic E-state index is 0.133. The molecule has 4 heteroatoms. The van der Waals surface area contributed by atoms with Gasteiger partial charge in [-0.3, -0.25) is 0 Å². The maximum Gasteiger partial charge on any atom is 0.161 e. The number of rotatable bonds is 5. The van der Waals surface area contributed by atoms with Crippen molar-refractivity contribution in [3.8, 4) is 0 Å². The summed E-state index contributed by atoms with van der Waals surface area (Å²) in [6, 6.07) is 9.58. The average Bonchev–Trinajstić information content (AvgIpc) is 2.40. The average molecular weight is 279 g/mol. The van der Waals surface area contributed by atoms with Crippen LogP contribution in [0.2, 0.25) is 0 Å². The van der Waals surface area contributed by atoms with Crippen LogP contribution in [-0.2, 0) is 13.0 Å². The third-order valence-electron chi connectivity index (χ3n) is 3.08. The molecule has 2 aromatic rings. The fraction of sp³-hybridized carbons (Fsp3) is 0.250. The monoisotopic (exact) mass is 279 g/mol. The number of benzene rings is 2. The Morgan fingerprint density at radius 3 is 2.45 bits per heavy atom. The molecule has 0 saturated heterocycles. The molecule has 0 aromatic heterocycles. The molecule has 2 rings (SSSR count). The van der Waals surface area contributed by atoms with Gasteiger partial charge in [0, 0.05) is 18.2 Å². The van der Waals surface area contributed by atoms with E-state index < -0.39 is 17.5 Å². The lowest BCUT2D eigenvalue weighted by atomic mass is 10.1. The molecule has 1 nitrogen and oxygen atoms in total. The van der Waals surface area contributed by atoms with E-state index in [0.717, 1.165) is 12.5 Å². The molecule has 0 bridgehead atoms. The van der Waals surface area contributed by atoms with Crippen LogP contribution in [0.25, 0.3) is 0 Å². The summed E-state index contributed by atoms with van der Waals surface area (Å²) in [4.78, 5) is 0. The zero-order valence-electron chi connectivity index (χ0n) is 11.2. The Balaban J connectivity index is 1.86. The van der Waals surface area contributed by atoms with E-state index in [2.05, 4.69) is 11.4 Å². The highest BCUT2D eigenvalue weighted by molar-refractivity contribution is 5.23. The van der Waals surface area contributed by atoms with Gasteiger partial charge in [0.15, 0.2) is 11.6 Å². The molecule has 0 aliphatic carbocycles. The van der Waals surface area contributed by atoms with Crippen molar-refractivity contribution in [2.24, 2.45) is 0 Å². The smallest absolute Gasteiger partial charge is 0.161 e. The van der Waals surface area contributed by atoms with Crippen LogP contribution in [0.15, 0.2) is 36.4 Å². The zero-order chi connectivity index (χ0) is 14.5. The molecule has 0 radical (unpaired) electrons. The van der Waals surface area contributed by atoms with E-state index in [1.165, 1.54) is 11.1 Å². The van der Waals surface area contributed by atoms with E-state index in [9.17, 15) is 13.2 Å². The van der Waals surface area contributed by atoms with Crippen LogP contribution in [0.4, 0.5) is 13.2 Å². The van der Waals surface area contributed by atoms with Crippen molar-refractivity contribution in [1.82, 2.24) is 5.32 Å². The highest BCUT2D eigenvalue weighted by Crippen LogP contribution is 2.13. The first kappa shape index (κ1) is 14.6. The first-order valence-corrected chi connectivity index (χ1v) is 6.46. The van der Waals surface area contributed by atoms with E-state index in [-0.39, 0.29) is 12.1 Å². The van der Waals surface area contributed by atoms with Crippen LogP contribution in [-0.4, -0.2) is 6.54 Å². The van der Waals surface area contributed by atoms with Gasteiger partial charge in [-0.2, -0.15) is 0 Å². The van der Waals surface area contributed by atoms with E-state index in [4.69, 9.17) is 0 Å². The van der Waals surface area contributed by atoms with Crippen LogP contribution in [0.1, 0.15) is 16.7 Å². The topological polar surface area (TPSA) is 12.0 Å². The molecule has 0 aliphatic heterocycles. The van der Waals surface area contributed by atoms with Gasteiger partial charge in [-0.25, -0.2) is 13.2 Å². The fourth-order valence-electron chi connectivity index (χ4n) is 2.02. The Labute approximate surface area is 116 Å². The number of hydrogen-bond donors (Lipinski definition) is 1. The molecular formula is C16H16F3N. The van der Waals surface area contributed by atoms with Gasteiger partial charge in [0.1, 0.15) is 5.82 Å². The fourth-order valence-corrected chi connectivity index (χ4v) is 2.02. The van der Waals surface area contributed by atoms with Crippen LogP contribution < -0.4 is 5.32 Å². The summed E-state index contributed by atoms with van der Waals surface area (Å²) in [6.45, 7) is 2.84. The molecule has 0 spiro atoms. The van der Waals surface area contributed by atoms with E-state index in [0.29, 0.717) is 12.6 Å². The van der Waals surface area contributed by atoms with Gasteiger partial charge >= 0.3 is 0 Å². The van der Waals surface area contributed by atoms with E-state index in [1.54, 1.807) is 0 Å². The minimum atomic E-state index is -1.16. The van der Waals surface area contributed by atoms with Crippen molar-refractivity contribution in [2.45, 2.75) is 19.9 Å². The second-order valence-electron chi connectivity index (χ2n) is 4.77. The van der Waals surface area contributed by atoms with Gasteiger partial charge in [0.25, 0.3) is 0 Å². The zero-order valence-corrected chi connectivity index (χ0v) is 11.2. The second-order valence-corrected chi connectivity index (χ2v) is 4.77. The Morgan fingerprint density at radius 1 is 0.950 bits per heavy atom. The van der Waals surface area contributed by atoms with Crippen LogP contribution >= 0.6 is 0 Å². The quantitative estimate of drug-likeness (QED) is 0.649. The standard InChI is InChI=1S/C16H16F3N/c1-11-3-2-4-12(7-11)5-6-20-10-13-8-15(18)16(19)9-14(13)17/h2-4,7-9,20H,5-6,10H2,1H3. The van der Waals surface area contributed by atoms with Crippen LogP contribution in [0.3, 0.4) is 0 Å². The summed E-state index contributed by atoms with van der Waals surface area (Å²) in [5.41, 5.74) is 2.51. The Bertz CT molecular complexity index is 596. The molecule has 0 aliphatic rings. The molecule has 0 unspecified atom stereocenters. The SMILES string of the molecule is Cc1cccc(CCNCc2cc(F)c(F)cc2F)c1.